The topological polar surface area (TPSA) is 0 Å². The minimum Gasteiger partial charge on any atom is -0.205 e. The Bertz CT molecular complexity index is 231. The minimum absolute atomic E-state index is 0.0930. The third-order valence-electron chi connectivity index (χ3n) is 1.44. The van der Waals surface area contributed by atoms with E-state index in [0.717, 1.165) is 10.6 Å². The van der Waals surface area contributed by atoms with Crippen molar-refractivity contribution in [2.75, 3.05) is 5.75 Å². The number of rotatable bonds is 3. The van der Waals surface area contributed by atoms with Crippen molar-refractivity contribution in [3.05, 3.63) is 29.8 Å². The molecule has 0 bridgehead atoms. The van der Waals surface area contributed by atoms with Gasteiger partial charge in [0.05, 0.1) is 0 Å². The Morgan fingerprint density at radius 3 is 2.25 bits per heavy atom. The average molecular weight is 188 g/mol. The van der Waals surface area contributed by atoms with Gasteiger partial charge in [0, 0.05) is 10.5 Å². The quantitative estimate of drug-likeness (QED) is 0.651. The van der Waals surface area contributed by atoms with Crippen LogP contribution in [0.3, 0.4) is 0 Å². The van der Waals surface area contributed by atoms with Crippen molar-refractivity contribution in [3.63, 3.8) is 0 Å². The Balaban J connectivity index is 2.71. The van der Waals surface area contributed by atoms with E-state index in [1.165, 1.54) is 12.1 Å². The lowest BCUT2D eigenvalue weighted by molar-refractivity contribution is 0.151. The van der Waals surface area contributed by atoms with E-state index in [2.05, 4.69) is 0 Å². The SMILES string of the molecule is CCSc1ccc(C(F)F)cc1. The number of halogens is 2. The molecule has 0 aliphatic rings. The summed E-state index contributed by atoms with van der Waals surface area (Å²) in [5, 5.41) is 0. The van der Waals surface area contributed by atoms with E-state index >= 15 is 0 Å². The van der Waals surface area contributed by atoms with E-state index in [-0.39, 0.29) is 5.56 Å². The Morgan fingerprint density at radius 2 is 1.83 bits per heavy atom. The third-order valence-corrected chi connectivity index (χ3v) is 2.34. The van der Waals surface area contributed by atoms with Crippen LogP contribution in [-0.2, 0) is 0 Å². The van der Waals surface area contributed by atoms with Crippen molar-refractivity contribution in [1.82, 2.24) is 0 Å². The molecule has 1 aromatic carbocycles. The van der Waals surface area contributed by atoms with Gasteiger partial charge in [-0.15, -0.1) is 11.8 Å². The summed E-state index contributed by atoms with van der Waals surface area (Å²) in [6.07, 6.45) is -2.36. The molecule has 0 nitrogen and oxygen atoms in total. The lowest BCUT2D eigenvalue weighted by atomic mass is 10.2. The van der Waals surface area contributed by atoms with E-state index in [0.29, 0.717) is 0 Å². The first kappa shape index (κ1) is 9.52. The highest BCUT2D eigenvalue weighted by molar-refractivity contribution is 7.99. The molecule has 66 valence electrons. The summed E-state index contributed by atoms with van der Waals surface area (Å²) < 4.78 is 24.2. The number of hydrogen-bond donors (Lipinski definition) is 0. The summed E-state index contributed by atoms with van der Waals surface area (Å²) in [7, 11) is 0. The lowest BCUT2D eigenvalue weighted by Gasteiger charge is -2.00. The Kier molecular flexibility index (Phi) is 3.53. The maximum atomic E-state index is 12.1. The van der Waals surface area contributed by atoms with Crippen LogP contribution < -0.4 is 0 Å². The van der Waals surface area contributed by atoms with Crippen LogP contribution in [0.25, 0.3) is 0 Å². The first-order chi connectivity index (χ1) is 5.74. The van der Waals surface area contributed by atoms with Gasteiger partial charge in [0.2, 0.25) is 0 Å². The van der Waals surface area contributed by atoms with E-state index in [9.17, 15) is 8.78 Å². The second-order valence-corrected chi connectivity index (χ2v) is 3.64. The fraction of sp³-hybridized carbons (Fsp3) is 0.333. The lowest BCUT2D eigenvalue weighted by Crippen LogP contribution is -1.82. The van der Waals surface area contributed by atoms with Crippen molar-refractivity contribution in [2.24, 2.45) is 0 Å². The van der Waals surface area contributed by atoms with Gasteiger partial charge in [-0.25, -0.2) is 8.78 Å². The van der Waals surface area contributed by atoms with Crippen molar-refractivity contribution < 1.29 is 8.78 Å². The summed E-state index contributed by atoms with van der Waals surface area (Å²) in [5.41, 5.74) is 0.0930. The molecule has 0 aromatic heterocycles. The normalized spacial score (nSPS) is 10.7. The van der Waals surface area contributed by atoms with E-state index in [1.807, 2.05) is 6.92 Å². The first-order valence-electron chi connectivity index (χ1n) is 3.75. The van der Waals surface area contributed by atoms with Gasteiger partial charge >= 0.3 is 0 Å². The summed E-state index contributed by atoms with van der Waals surface area (Å²) in [4.78, 5) is 1.04. The Hall–Kier alpha value is -0.570. The molecule has 12 heavy (non-hydrogen) atoms. The molecule has 0 spiro atoms. The van der Waals surface area contributed by atoms with E-state index in [1.54, 1.807) is 23.9 Å². The van der Waals surface area contributed by atoms with Crippen LogP contribution in [-0.4, -0.2) is 5.75 Å². The second-order valence-electron chi connectivity index (χ2n) is 2.30. The summed E-state index contributed by atoms with van der Waals surface area (Å²) in [6.45, 7) is 2.03. The molecule has 0 atom stereocenters. The Labute approximate surface area is 75.0 Å². The van der Waals surface area contributed by atoms with Gasteiger partial charge in [-0.05, 0) is 17.9 Å². The van der Waals surface area contributed by atoms with Crippen molar-refractivity contribution in [1.29, 1.82) is 0 Å². The largest absolute Gasteiger partial charge is 0.263 e. The molecule has 0 fully saturated rings. The van der Waals surface area contributed by atoms with Gasteiger partial charge in [0.1, 0.15) is 0 Å². The summed E-state index contributed by atoms with van der Waals surface area (Å²) >= 11 is 1.65. The van der Waals surface area contributed by atoms with Gasteiger partial charge in [0.25, 0.3) is 6.43 Å². The van der Waals surface area contributed by atoms with E-state index in [4.69, 9.17) is 0 Å². The number of alkyl halides is 2. The molecule has 1 aromatic rings. The Morgan fingerprint density at radius 1 is 1.25 bits per heavy atom. The minimum atomic E-state index is -2.36. The second kappa shape index (κ2) is 4.45. The predicted octanol–water partition coefficient (Wildman–Crippen LogP) is 3.74. The third kappa shape index (κ3) is 2.48. The average Bonchev–Trinajstić information content (AvgIpc) is 2.06. The molecule has 0 saturated heterocycles. The maximum Gasteiger partial charge on any atom is 0.263 e. The maximum absolute atomic E-state index is 12.1. The van der Waals surface area contributed by atoms with Crippen molar-refractivity contribution >= 4 is 11.8 Å². The summed E-state index contributed by atoms with van der Waals surface area (Å²) in [5.74, 6) is 0.966. The van der Waals surface area contributed by atoms with Crippen LogP contribution in [0.5, 0.6) is 0 Å². The molecule has 1 rings (SSSR count). The molecule has 3 heteroatoms. The zero-order valence-corrected chi connectivity index (χ0v) is 7.57. The predicted molar refractivity (Wildman–Crippen MR) is 47.8 cm³/mol. The molecule has 0 unspecified atom stereocenters. The highest BCUT2D eigenvalue weighted by Crippen LogP contribution is 2.23. The van der Waals surface area contributed by atoms with Crippen LogP contribution in [0.15, 0.2) is 29.2 Å². The molecule has 0 radical (unpaired) electrons. The van der Waals surface area contributed by atoms with Crippen LogP contribution in [0.1, 0.15) is 18.9 Å². The first-order valence-corrected chi connectivity index (χ1v) is 4.73. The molecular formula is C9H10F2S. The van der Waals surface area contributed by atoms with Crippen molar-refractivity contribution in [2.45, 2.75) is 18.2 Å². The standard InChI is InChI=1S/C9H10F2S/c1-2-12-8-5-3-7(4-6-8)9(10)11/h3-6,9H,2H2,1H3. The van der Waals surface area contributed by atoms with Crippen LogP contribution in [0, 0.1) is 0 Å². The van der Waals surface area contributed by atoms with Crippen LogP contribution in [0.4, 0.5) is 8.78 Å². The zero-order chi connectivity index (χ0) is 8.97. The molecule has 0 aliphatic heterocycles. The number of hydrogen-bond acceptors (Lipinski definition) is 1. The zero-order valence-electron chi connectivity index (χ0n) is 6.76. The highest BCUT2D eigenvalue weighted by Gasteiger charge is 2.05. The van der Waals surface area contributed by atoms with Crippen molar-refractivity contribution in [3.8, 4) is 0 Å². The molecule has 0 saturated carbocycles. The van der Waals surface area contributed by atoms with Gasteiger partial charge in [0.15, 0.2) is 0 Å². The molecule has 0 aliphatic carbocycles. The smallest absolute Gasteiger partial charge is 0.205 e. The van der Waals surface area contributed by atoms with Gasteiger partial charge in [-0.2, -0.15) is 0 Å². The van der Waals surface area contributed by atoms with Gasteiger partial charge in [-0.3, -0.25) is 0 Å². The van der Waals surface area contributed by atoms with E-state index < -0.39 is 6.43 Å². The molecule has 0 N–H and O–H groups in total. The molecule has 0 heterocycles. The van der Waals surface area contributed by atoms with Gasteiger partial charge < -0.3 is 0 Å². The number of benzene rings is 1. The van der Waals surface area contributed by atoms with Crippen LogP contribution in [0.2, 0.25) is 0 Å². The molecular weight excluding hydrogens is 178 g/mol. The summed E-state index contributed by atoms with van der Waals surface area (Å²) in [6, 6.07) is 6.41. The van der Waals surface area contributed by atoms with Gasteiger partial charge in [-0.1, -0.05) is 19.1 Å². The fourth-order valence-corrected chi connectivity index (χ4v) is 1.54. The fourth-order valence-electron chi connectivity index (χ4n) is 0.876. The highest BCUT2D eigenvalue weighted by atomic mass is 32.2. The van der Waals surface area contributed by atoms with Crippen LogP contribution >= 0.6 is 11.8 Å². The monoisotopic (exact) mass is 188 g/mol. The number of thioether (sulfide) groups is 1. The molecule has 0 amide bonds.